The lowest BCUT2D eigenvalue weighted by Gasteiger charge is -2.35. The summed E-state index contributed by atoms with van der Waals surface area (Å²) in [4.78, 5) is 29.7. The smallest absolute Gasteiger partial charge is 0.264 e. The van der Waals surface area contributed by atoms with Crippen LogP contribution in [-0.2, 0) is 32.6 Å². The molecule has 0 aliphatic rings. The predicted octanol–water partition coefficient (Wildman–Crippen LogP) is 6.24. The highest BCUT2D eigenvalue weighted by Crippen LogP contribution is 2.27. The summed E-state index contributed by atoms with van der Waals surface area (Å²) in [6.45, 7) is 4.75. The van der Waals surface area contributed by atoms with Crippen LogP contribution in [0.15, 0.2) is 108 Å². The Kier molecular flexibility index (Phi) is 11.1. The molecule has 4 rings (SSSR count). The van der Waals surface area contributed by atoms with Gasteiger partial charge in [0.05, 0.1) is 17.7 Å². The molecule has 1 unspecified atom stereocenters. The summed E-state index contributed by atoms with van der Waals surface area (Å²) >= 11 is 6.53. The predicted molar refractivity (Wildman–Crippen MR) is 178 cm³/mol. The molecule has 1 atom stereocenters. The number of methoxy groups -OCH3 is 1. The summed E-state index contributed by atoms with van der Waals surface area (Å²) in [5.74, 6) is -1.20. The lowest BCUT2D eigenvalue weighted by atomic mass is 10.0. The van der Waals surface area contributed by atoms with Crippen LogP contribution in [0.25, 0.3) is 0 Å². The number of nitrogens with zero attached hydrogens (tertiary/aromatic N) is 2. The molecule has 0 saturated heterocycles. The average molecular weight is 666 g/mol. The fourth-order valence-electron chi connectivity index (χ4n) is 4.83. The number of hydrogen-bond acceptors (Lipinski definition) is 5. The molecule has 11 heteroatoms. The van der Waals surface area contributed by atoms with Crippen molar-refractivity contribution in [2.45, 2.75) is 50.2 Å². The van der Waals surface area contributed by atoms with E-state index < -0.39 is 45.8 Å². The maximum absolute atomic E-state index is 14.5. The fraction of sp³-hybridized carbons (Fsp3) is 0.257. The molecule has 242 valence electrons. The van der Waals surface area contributed by atoms with Crippen LogP contribution in [-0.4, -0.2) is 50.4 Å². The van der Waals surface area contributed by atoms with Gasteiger partial charge in [0, 0.05) is 23.5 Å². The van der Waals surface area contributed by atoms with Crippen molar-refractivity contribution in [1.82, 2.24) is 10.2 Å². The summed E-state index contributed by atoms with van der Waals surface area (Å²) < 4.78 is 48.2. The number of sulfonamides is 1. The van der Waals surface area contributed by atoms with Gasteiger partial charge in [-0.2, -0.15) is 0 Å². The molecule has 4 aromatic carbocycles. The minimum atomic E-state index is -4.35. The molecule has 2 amide bonds. The molecule has 0 radical (unpaired) electrons. The Balaban J connectivity index is 1.82. The van der Waals surface area contributed by atoms with E-state index in [-0.39, 0.29) is 23.5 Å². The van der Waals surface area contributed by atoms with Crippen molar-refractivity contribution in [3.63, 3.8) is 0 Å². The molecule has 0 heterocycles. The third kappa shape index (κ3) is 8.86. The Bertz CT molecular complexity index is 1750. The number of amides is 2. The number of halogens is 2. The summed E-state index contributed by atoms with van der Waals surface area (Å²) in [7, 11) is -2.89. The molecule has 0 aromatic heterocycles. The first-order chi connectivity index (χ1) is 21.8. The Morgan fingerprint density at radius 2 is 1.50 bits per heavy atom. The van der Waals surface area contributed by atoms with Gasteiger partial charge in [-0.25, -0.2) is 12.8 Å². The van der Waals surface area contributed by atoms with Gasteiger partial charge in [0.25, 0.3) is 10.0 Å². The van der Waals surface area contributed by atoms with Crippen LogP contribution >= 0.6 is 11.6 Å². The standard InChI is InChI=1S/C35H37ClFN3O5S/c1-35(2,3)38-34(42)32(22-25-10-6-5-7-11-25)39(23-26-12-8-9-13-31(26)36)33(41)24-40(28-16-14-27(37)15-17-28)46(43,44)30-20-18-29(45-4)19-21-30/h5-21,32H,22-24H2,1-4H3,(H,38,42). The maximum Gasteiger partial charge on any atom is 0.264 e. The highest BCUT2D eigenvalue weighted by Gasteiger charge is 2.36. The molecular weight excluding hydrogens is 629 g/mol. The molecule has 0 saturated carbocycles. The minimum absolute atomic E-state index is 0.0713. The Hall–Kier alpha value is -4.41. The maximum atomic E-state index is 14.5. The van der Waals surface area contributed by atoms with Gasteiger partial charge >= 0.3 is 0 Å². The Labute approximate surface area is 274 Å². The van der Waals surface area contributed by atoms with E-state index in [0.29, 0.717) is 16.3 Å². The third-order valence-corrected chi connectivity index (χ3v) is 9.27. The number of rotatable bonds is 12. The van der Waals surface area contributed by atoms with Crippen molar-refractivity contribution in [1.29, 1.82) is 0 Å². The second-order valence-corrected chi connectivity index (χ2v) is 14.0. The van der Waals surface area contributed by atoms with E-state index in [1.807, 2.05) is 51.1 Å². The van der Waals surface area contributed by atoms with Crippen LogP contribution in [0.5, 0.6) is 5.75 Å². The van der Waals surface area contributed by atoms with Crippen molar-refractivity contribution in [3.8, 4) is 5.75 Å². The van der Waals surface area contributed by atoms with E-state index >= 15 is 0 Å². The third-order valence-electron chi connectivity index (χ3n) is 7.11. The van der Waals surface area contributed by atoms with Gasteiger partial charge in [-0.3, -0.25) is 13.9 Å². The molecule has 0 aliphatic heterocycles. The first kappa shape index (κ1) is 34.5. The summed E-state index contributed by atoms with van der Waals surface area (Å²) in [6.07, 6.45) is 0.153. The molecule has 0 spiro atoms. The zero-order chi connectivity index (χ0) is 33.5. The van der Waals surface area contributed by atoms with Gasteiger partial charge in [0.1, 0.15) is 24.2 Å². The van der Waals surface area contributed by atoms with Crippen molar-refractivity contribution in [3.05, 3.63) is 125 Å². The van der Waals surface area contributed by atoms with Crippen LogP contribution in [0.2, 0.25) is 5.02 Å². The second kappa shape index (κ2) is 14.8. The van der Waals surface area contributed by atoms with Gasteiger partial charge in [-0.1, -0.05) is 60.1 Å². The van der Waals surface area contributed by atoms with Crippen LogP contribution in [0, 0.1) is 5.82 Å². The van der Waals surface area contributed by atoms with Crippen LogP contribution in [0.4, 0.5) is 10.1 Å². The number of nitrogens with one attached hydrogen (secondary N) is 1. The molecular formula is C35H37ClFN3O5S. The zero-order valence-electron chi connectivity index (χ0n) is 26.1. The highest BCUT2D eigenvalue weighted by atomic mass is 35.5. The number of benzene rings is 4. The summed E-state index contributed by atoms with van der Waals surface area (Å²) in [6, 6.07) is 25.7. The fourth-order valence-corrected chi connectivity index (χ4v) is 6.44. The molecule has 0 aliphatic carbocycles. The topological polar surface area (TPSA) is 96.0 Å². The molecule has 1 N–H and O–H groups in total. The number of hydrogen-bond donors (Lipinski definition) is 1. The molecule has 4 aromatic rings. The number of ether oxygens (including phenoxy) is 1. The highest BCUT2D eigenvalue weighted by molar-refractivity contribution is 7.92. The van der Waals surface area contributed by atoms with Crippen LogP contribution in [0.1, 0.15) is 31.9 Å². The van der Waals surface area contributed by atoms with E-state index in [4.69, 9.17) is 16.3 Å². The van der Waals surface area contributed by atoms with Crippen LogP contribution < -0.4 is 14.4 Å². The lowest BCUT2D eigenvalue weighted by Crippen LogP contribution is -2.56. The molecule has 0 fully saturated rings. The van der Waals surface area contributed by atoms with Gasteiger partial charge in [0.2, 0.25) is 11.8 Å². The van der Waals surface area contributed by atoms with Crippen molar-refractivity contribution in [2.75, 3.05) is 18.0 Å². The quantitative estimate of drug-likeness (QED) is 0.193. The van der Waals surface area contributed by atoms with E-state index in [1.54, 1.807) is 24.3 Å². The van der Waals surface area contributed by atoms with E-state index in [2.05, 4.69) is 5.32 Å². The first-order valence-corrected chi connectivity index (χ1v) is 16.4. The molecule has 8 nitrogen and oxygen atoms in total. The number of carbonyl (C=O) groups excluding carboxylic acids is 2. The summed E-state index contributed by atoms with van der Waals surface area (Å²) in [5, 5.41) is 3.37. The van der Waals surface area contributed by atoms with E-state index in [1.165, 1.54) is 48.4 Å². The van der Waals surface area contributed by atoms with Gasteiger partial charge in [-0.15, -0.1) is 0 Å². The van der Waals surface area contributed by atoms with Crippen molar-refractivity contribution < 1.29 is 27.1 Å². The second-order valence-electron chi connectivity index (χ2n) is 11.7. The zero-order valence-corrected chi connectivity index (χ0v) is 27.7. The van der Waals surface area contributed by atoms with E-state index in [0.717, 1.165) is 22.0 Å². The normalized spacial score (nSPS) is 12.2. The minimum Gasteiger partial charge on any atom is -0.497 e. The largest absolute Gasteiger partial charge is 0.497 e. The molecule has 46 heavy (non-hydrogen) atoms. The average Bonchev–Trinajstić information content (AvgIpc) is 3.02. The van der Waals surface area contributed by atoms with Gasteiger partial charge in [0.15, 0.2) is 0 Å². The lowest BCUT2D eigenvalue weighted by molar-refractivity contribution is -0.140. The first-order valence-electron chi connectivity index (χ1n) is 14.6. The summed E-state index contributed by atoms with van der Waals surface area (Å²) in [5.41, 5.74) is 0.824. The Morgan fingerprint density at radius 1 is 0.891 bits per heavy atom. The van der Waals surface area contributed by atoms with Gasteiger partial charge < -0.3 is 15.0 Å². The number of carbonyl (C=O) groups is 2. The monoisotopic (exact) mass is 665 g/mol. The van der Waals surface area contributed by atoms with E-state index in [9.17, 15) is 22.4 Å². The van der Waals surface area contributed by atoms with Crippen molar-refractivity contribution >= 4 is 39.1 Å². The SMILES string of the molecule is COc1ccc(S(=O)(=O)N(CC(=O)N(Cc2ccccc2Cl)C(Cc2ccccc2)C(=O)NC(C)(C)C)c2ccc(F)cc2)cc1. The van der Waals surface area contributed by atoms with Gasteiger partial charge in [-0.05, 0) is 86.5 Å². The van der Waals surface area contributed by atoms with Crippen LogP contribution in [0.3, 0.4) is 0 Å². The molecule has 0 bridgehead atoms. The Morgan fingerprint density at radius 3 is 2.09 bits per heavy atom. The number of anilines is 1. The van der Waals surface area contributed by atoms with Crippen molar-refractivity contribution in [2.24, 2.45) is 0 Å².